The molecular weight excluding hydrogens is 390 g/mol. The Labute approximate surface area is 169 Å². The fourth-order valence-corrected chi connectivity index (χ4v) is 4.45. The van der Waals surface area contributed by atoms with Crippen LogP contribution in [0.25, 0.3) is 5.78 Å². The lowest BCUT2D eigenvalue weighted by Gasteiger charge is -2.40. The topological polar surface area (TPSA) is 87.2 Å². The predicted molar refractivity (Wildman–Crippen MR) is 108 cm³/mol. The Morgan fingerprint density at radius 3 is 2.90 bits per heavy atom. The average Bonchev–Trinajstić information content (AvgIpc) is 3.13. The molecule has 1 aliphatic heterocycles. The van der Waals surface area contributed by atoms with Crippen molar-refractivity contribution in [2.45, 2.75) is 31.6 Å². The number of carbonyl (C=O) groups excluding carboxylic acids is 1. The molecule has 9 heteroatoms. The number of likely N-dealkylation sites (tertiary alicyclic amines) is 1. The van der Waals surface area contributed by atoms with Gasteiger partial charge in [-0.25, -0.2) is 13.9 Å². The van der Waals surface area contributed by atoms with Crippen LogP contribution in [-0.2, 0) is 0 Å². The van der Waals surface area contributed by atoms with E-state index >= 15 is 4.39 Å². The first-order valence-corrected chi connectivity index (χ1v) is 9.79. The molecule has 29 heavy (non-hydrogen) atoms. The Morgan fingerprint density at radius 2 is 2.14 bits per heavy atom. The number of amides is 1. The van der Waals surface area contributed by atoms with Crippen molar-refractivity contribution in [1.29, 1.82) is 5.26 Å². The molecule has 1 fully saturated rings. The van der Waals surface area contributed by atoms with E-state index in [2.05, 4.69) is 30.4 Å². The summed E-state index contributed by atoms with van der Waals surface area (Å²) in [6, 6.07) is 8.92. The molecule has 3 heterocycles. The molecular formula is C20H20FN6OP. The Hall–Kier alpha value is -2.91. The first-order chi connectivity index (χ1) is 13.8. The van der Waals surface area contributed by atoms with Crippen molar-refractivity contribution in [3.63, 3.8) is 0 Å². The summed E-state index contributed by atoms with van der Waals surface area (Å²) in [5.41, 5.74) is 3.14. The van der Waals surface area contributed by atoms with Gasteiger partial charge in [0, 0.05) is 23.7 Å². The zero-order valence-corrected chi connectivity index (χ0v) is 17.3. The SMILES string of the molecule is Cc1cc(C#N)cc(C(=O)N2C[C@@H](c3cc(C)nc4ncnn34)CC(F)(P)C2)c1. The summed E-state index contributed by atoms with van der Waals surface area (Å²) < 4.78 is 16.8. The van der Waals surface area contributed by atoms with Gasteiger partial charge in [0.15, 0.2) is 0 Å². The normalized spacial score (nSPS) is 21.9. The maximum atomic E-state index is 15.2. The summed E-state index contributed by atoms with van der Waals surface area (Å²) in [5.74, 6) is -0.115. The summed E-state index contributed by atoms with van der Waals surface area (Å²) in [7, 11) is 2.24. The highest BCUT2D eigenvalue weighted by Crippen LogP contribution is 2.39. The molecule has 0 bridgehead atoms. The monoisotopic (exact) mass is 410 g/mol. The molecule has 1 amide bonds. The van der Waals surface area contributed by atoms with Gasteiger partial charge >= 0.3 is 0 Å². The molecule has 7 nitrogen and oxygen atoms in total. The van der Waals surface area contributed by atoms with E-state index in [1.54, 1.807) is 22.7 Å². The number of hydrogen-bond donors (Lipinski definition) is 0. The molecule has 1 aliphatic rings. The van der Waals surface area contributed by atoms with E-state index in [9.17, 15) is 10.1 Å². The molecule has 0 aliphatic carbocycles. The zero-order valence-electron chi connectivity index (χ0n) is 16.1. The second kappa shape index (κ2) is 7.16. The number of piperidine rings is 1. The molecule has 3 aromatic rings. The van der Waals surface area contributed by atoms with Gasteiger partial charge in [0.25, 0.3) is 11.7 Å². The van der Waals surface area contributed by atoms with Crippen LogP contribution in [-0.4, -0.2) is 48.9 Å². The van der Waals surface area contributed by atoms with Crippen LogP contribution in [0.3, 0.4) is 0 Å². The Morgan fingerprint density at radius 1 is 1.34 bits per heavy atom. The second-order valence-electron chi connectivity index (χ2n) is 7.62. The predicted octanol–water partition coefficient (Wildman–Crippen LogP) is 2.78. The number of carbonyl (C=O) groups is 1. The maximum Gasteiger partial charge on any atom is 0.254 e. The number of aromatic nitrogens is 4. The number of rotatable bonds is 2. The molecule has 2 unspecified atom stereocenters. The number of hydrogen-bond acceptors (Lipinski definition) is 5. The Kier molecular flexibility index (Phi) is 4.79. The van der Waals surface area contributed by atoms with Crippen LogP contribution in [0.15, 0.2) is 30.6 Å². The largest absolute Gasteiger partial charge is 0.334 e. The molecule has 4 rings (SSSR count). The molecule has 3 atom stereocenters. The number of aryl methyl sites for hydroxylation is 2. The summed E-state index contributed by atoms with van der Waals surface area (Å²) in [4.78, 5) is 23.1. The first-order valence-electron chi connectivity index (χ1n) is 9.22. The lowest BCUT2D eigenvalue weighted by atomic mass is 9.91. The smallest absolute Gasteiger partial charge is 0.254 e. The number of benzene rings is 1. The maximum absolute atomic E-state index is 15.2. The highest BCUT2D eigenvalue weighted by atomic mass is 31.0. The van der Waals surface area contributed by atoms with Gasteiger partial charge in [0.1, 0.15) is 11.7 Å². The lowest BCUT2D eigenvalue weighted by Crippen LogP contribution is -2.48. The van der Waals surface area contributed by atoms with Crippen LogP contribution in [0.2, 0.25) is 0 Å². The third kappa shape index (κ3) is 3.83. The molecule has 1 aromatic carbocycles. The average molecular weight is 410 g/mol. The minimum absolute atomic E-state index is 0.0343. The van der Waals surface area contributed by atoms with Crippen LogP contribution < -0.4 is 0 Å². The summed E-state index contributed by atoms with van der Waals surface area (Å²) in [6.45, 7) is 3.98. The van der Waals surface area contributed by atoms with Gasteiger partial charge in [-0.1, -0.05) is 9.24 Å². The van der Waals surface area contributed by atoms with Crippen molar-refractivity contribution in [3.05, 3.63) is 58.7 Å². The fourth-order valence-electron chi connectivity index (χ4n) is 3.94. The highest BCUT2D eigenvalue weighted by molar-refractivity contribution is 7.18. The van der Waals surface area contributed by atoms with E-state index in [-0.39, 0.29) is 24.8 Å². The quantitative estimate of drug-likeness (QED) is 0.607. The molecule has 148 valence electrons. The van der Waals surface area contributed by atoms with Gasteiger partial charge in [-0.05, 0) is 50.1 Å². The van der Waals surface area contributed by atoms with Crippen LogP contribution in [0.1, 0.15) is 45.2 Å². The van der Waals surface area contributed by atoms with Gasteiger partial charge in [0.05, 0.1) is 23.9 Å². The van der Waals surface area contributed by atoms with Crippen molar-refractivity contribution in [2.24, 2.45) is 0 Å². The van der Waals surface area contributed by atoms with E-state index in [0.29, 0.717) is 23.4 Å². The summed E-state index contributed by atoms with van der Waals surface area (Å²) >= 11 is 0. The summed E-state index contributed by atoms with van der Waals surface area (Å²) in [5, 5.41) is 11.8. The molecule has 2 aromatic heterocycles. The van der Waals surface area contributed by atoms with E-state index in [1.807, 2.05) is 19.9 Å². The lowest BCUT2D eigenvalue weighted by molar-refractivity contribution is 0.0543. The van der Waals surface area contributed by atoms with E-state index in [4.69, 9.17) is 0 Å². The third-order valence-corrected chi connectivity index (χ3v) is 5.46. The standard InChI is InChI=1S/C20H20FN6OP/c1-12-3-14(8-22)6-15(4-12)18(28)26-9-16(7-20(21,29)10-26)17-5-13(2)25-19-23-11-24-27(17)19/h3-6,11,16H,7,9-10,29H2,1-2H3/t16-,20?/m0/s1. The Bertz CT molecular complexity index is 1150. The minimum atomic E-state index is -1.63. The minimum Gasteiger partial charge on any atom is -0.334 e. The zero-order chi connectivity index (χ0) is 20.8. The van der Waals surface area contributed by atoms with Crippen LogP contribution in [0.4, 0.5) is 4.39 Å². The van der Waals surface area contributed by atoms with Gasteiger partial charge in [0.2, 0.25) is 0 Å². The van der Waals surface area contributed by atoms with Gasteiger partial charge in [-0.15, -0.1) is 0 Å². The second-order valence-corrected chi connectivity index (χ2v) is 8.65. The van der Waals surface area contributed by atoms with E-state index in [0.717, 1.165) is 17.0 Å². The molecule has 0 saturated carbocycles. The van der Waals surface area contributed by atoms with Crippen LogP contribution in [0, 0.1) is 25.2 Å². The van der Waals surface area contributed by atoms with Gasteiger partial charge in [-0.2, -0.15) is 15.3 Å². The summed E-state index contributed by atoms with van der Waals surface area (Å²) in [6.07, 6.45) is 1.65. The molecule has 0 radical (unpaired) electrons. The highest BCUT2D eigenvalue weighted by Gasteiger charge is 2.40. The third-order valence-electron chi connectivity index (χ3n) is 5.05. The first kappa shape index (κ1) is 19.4. The number of halogens is 1. The number of fused-ring (bicyclic) bond motifs is 1. The van der Waals surface area contributed by atoms with Crippen LogP contribution in [0.5, 0.6) is 0 Å². The van der Waals surface area contributed by atoms with Crippen molar-refractivity contribution < 1.29 is 9.18 Å². The van der Waals surface area contributed by atoms with Crippen LogP contribution >= 0.6 is 9.24 Å². The molecule has 1 saturated heterocycles. The van der Waals surface area contributed by atoms with Crippen molar-refractivity contribution in [1.82, 2.24) is 24.5 Å². The van der Waals surface area contributed by atoms with Crippen molar-refractivity contribution in [2.75, 3.05) is 13.1 Å². The van der Waals surface area contributed by atoms with E-state index in [1.165, 1.54) is 11.2 Å². The molecule has 0 N–H and O–H groups in total. The Balaban J connectivity index is 1.71. The van der Waals surface area contributed by atoms with E-state index < -0.39 is 5.41 Å². The van der Waals surface area contributed by atoms with Crippen molar-refractivity contribution in [3.8, 4) is 6.07 Å². The fraction of sp³-hybridized carbons (Fsp3) is 0.350. The number of nitrogens with zero attached hydrogens (tertiary/aromatic N) is 6. The number of alkyl halides is 1. The van der Waals surface area contributed by atoms with Crippen molar-refractivity contribution >= 4 is 20.9 Å². The van der Waals surface area contributed by atoms with Gasteiger partial charge in [-0.3, -0.25) is 4.79 Å². The number of nitriles is 1. The van der Waals surface area contributed by atoms with Gasteiger partial charge < -0.3 is 4.90 Å². The molecule has 0 spiro atoms.